The van der Waals surface area contributed by atoms with Crippen LogP contribution in [0.4, 0.5) is 0 Å². The first-order chi connectivity index (χ1) is 8.72. The molecule has 0 radical (unpaired) electrons. The predicted octanol–water partition coefficient (Wildman–Crippen LogP) is 2.36. The molecule has 1 aromatic rings. The van der Waals surface area contributed by atoms with Crippen LogP contribution in [0.15, 0.2) is 18.2 Å². The van der Waals surface area contributed by atoms with Crippen LogP contribution in [0.5, 0.6) is 11.5 Å². The Labute approximate surface area is 115 Å². The number of carbonyl (C=O) groups excluding carboxylic acids is 1. The number of benzene rings is 1. The van der Waals surface area contributed by atoms with E-state index in [1.54, 1.807) is 12.1 Å². The summed E-state index contributed by atoms with van der Waals surface area (Å²) in [5.74, 6) is 1.05. The van der Waals surface area contributed by atoms with Crippen molar-refractivity contribution in [3.05, 3.63) is 23.8 Å². The van der Waals surface area contributed by atoms with Gasteiger partial charge in [0.25, 0.3) is 5.91 Å². The molecule has 1 aliphatic rings. The van der Waals surface area contributed by atoms with Gasteiger partial charge in [0, 0.05) is 11.4 Å². The molecule has 1 N–H and O–H groups in total. The van der Waals surface area contributed by atoms with Crippen molar-refractivity contribution in [3.63, 3.8) is 0 Å². The molecule has 1 unspecified atom stereocenters. The summed E-state index contributed by atoms with van der Waals surface area (Å²) in [6, 6.07) is 5.36. The number of amides is 1. The maximum atomic E-state index is 12.1. The quantitative estimate of drug-likeness (QED) is 0.868. The lowest BCUT2D eigenvalue weighted by molar-refractivity contribution is 0.0942. The zero-order valence-electron chi connectivity index (χ0n) is 10.2. The zero-order chi connectivity index (χ0) is 13.0. The van der Waals surface area contributed by atoms with Crippen molar-refractivity contribution in [3.8, 4) is 11.5 Å². The number of alkyl halides is 1. The highest BCUT2D eigenvalue weighted by Gasteiger charge is 2.20. The lowest BCUT2D eigenvalue weighted by Crippen LogP contribution is -2.30. The van der Waals surface area contributed by atoms with Gasteiger partial charge in [-0.25, -0.2) is 0 Å². The maximum Gasteiger partial charge on any atom is 0.255 e. The van der Waals surface area contributed by atoms with Crippen LogP contribution in [0, 0.1) is 0 Å². The molecule has 0 spiro atoms. The minimum Gasteiger partial charge on any atom is -0.486 e. The molecule has 0 fully saturated rings. The average molecular weight is 314 g/mol. The topological polar surface area (TPSA) is 47.6 Å². The summed E-state index contributed by atoms with van der Waals surface area (Å²) in [5, 5.41) is 2.88. The zero-order valence-corrected chi connectivity index (χ0v) is 11.8. The van der Waals surface area contributed by atoms with E-state index in [1.165, 1.54) is 0 Å². The number of rotatable bonds is 4. The summed E-state index contributed by atoms with van der Waals surface area (Å²) in [5.41, 5.74) is 0.531. The molecular weight excluding hydrogens is 298 g/mol. The Balaban J connectivity index is 2.10. The first-order valence-corrected chi connectivity index (χ1v) is 6.94. The van der Waals surface area contributed by atoms with Crippen molar-refractivity contribution >= 4 is 21.8 Å². The summed E-state index contributed by atoms with van der Waals surface area (Å²) >= 11 is 3.48. The molecule has 4 nitrogen and oxygen atoms in total. The van der Waals surface area contributed by atoms with Crippen LogP contribution in [-0.2, 0) is 0 Å². The van der Waals surface area contributed by atoms with E-state index in [9.17, 15) is 4.79 Å². The van der Waals surface area contributed by atoms with Crippen LogP contribution in [0.1, 0.15) is 23.7 Å². The molecule has 1 aliphatic heterocycles. The van der Waals surface area contributed by atoms with Gasteiger partial charge in [0.15, 0.2) is 11.5 Å². The fraction of sp³-hybridized carbons (Fsp3) is 0.462. The van der Waals surface area contributed by atoms with Crippen LogP contribution < -0.4 is 14.8 Å². The molecule has 2 rings (SSSR count). The molecule has 18 heavy (non-hydrogen) atoms. The third-order valence-electron chi connectivity index (χ3n) is 2.74. The second-order valence-electron chi connectivity index (χ2n) is 4.05. The maximum absolute atomic E-state index is 12.1. The van der Waals surface area contributed by atoms with E-state index in [2.05, 4.69) is 28.2 Å². The summed E-state index contributed by atoms with van der Waals surface area (Å²) in [4.78, 5) is 12.4. The first-order valence-electron chi connectivity index (χ1n) is 6.03. The van der Waals surface area contributed by atoms with Crippen molar-refractivity contribution in [1.82, 2.24) is 5.32 Å². The fourth-order valence-electron chi connectivity index (χ4n) is 1.70. The van der Waals surface area contributed by atoms with E-state index >= 15 is 0 Å². The lowest BCUT2D eigenvalue weighted by atomic mass is 10.1. The Kier molecular flexibility index (Phi) is 4.47. The van der Waals surface area contributed by atoms with Gasteiger partial charge < -0.3 is 14.8 Å². The minimum absolute atomic E-state index is 0.129. The number of ether oxygens (including phenoxy) is 2. The van der Waals surface area contributed by atoms with E-state index in [1.807, 2.05) is 6.07 Å². The third-order valence-corrected chi connectivity index (χ3v) is 3.71. The Morgan fingerprint density at radius 1 is 1.44 bits per heavy atom. The van der Waals surface area contributed by atoms with E-state index in [0.29, 0.717) is 36.8 Å². The van der Waals surface area contributed by atoms with Crippen LogP contribution in [-0.4, -0.2) is 30.5 Å². The monoisotopic (exact) mass is 313 g/mol. The SMILES string of the molecule is CCC(Br)CNC(=O)c1cccc2c1OCCO2. The van der Waals surface area contributed by atoms with Crippen LogP contribution in [0.3, 0.4) is 0 Å². The molecule has 0 aromatic heterocycles. The van der Waals surface area contributed by atoms with Crippen molar-refractivity contribution in [2.45, 2.75) is 18.2 Å². The van der Waals surface area contributed by atoms with Crippen molar-refractivity contribution in [1.29, 1.82) is 0 Å². The molecular formula is C13H16BrNO3. The second kappa shape index (κ2) is 6.09. The molecule has 1 heterocycles. The van der Waals surface area contributed by atoms with E-state index in [-0.39, 0.29) is 10.7 Å². The first kappa shape index (κ1) is 13.2. The fourth-order valence-corrected chi connectivity index (χ4v) is 1.86. The number of carbonyl (C=O) groups is 1. The van der Waals surface area contributed by atoms with Gasteiger partial charge in [-0.3, -0.25) is 4.79 Å². The van der Waals surface area contributed by atoms with Crippen molar-refractivity contribution in [2.75, 3.05) is 19.8 Å². The molecule has 0 aliphatic carbocycles. The van der Waals surface area contributed by atoms with Crippen molar-refractivity contribution < 1.29 is 14.3 Å². The van der Waals surface area contributed by atoms with Crippen LogP contribution >= 0.6 is 15.9 Å². The van der Waals surface area contributed by atoms with Gasteiger partial charge >= 0.3 is 0 Å². The Bertz CT molecular complexity index is 436. The molecule has 0 bridgehead atoms. The normalized spacial score (nSPS) is 15.0. The lowest BCUT2D eigenvalue weighted by Gasteiger charge is -2.20. The summed E-state index contributed by atoms with van der Waals surface area (Å²) in [6.07, 6.45) is 0.965. The molecule has 0 saturated heterocycles. The number of fused-ring (bicyclic) bond motifs is 1. The smallest absolute Gasteiger partial charge is 0.255 e. The Hall–Kier alpha value is -1.23. The largest absolute Gasteiger partial charge is 0.486 e. The number of nitrogens with one attached hydrogen (secondary N) is 1. The van der Waals surface area contributed by atoms with Gasteiger partial charge in [-0.05, 0) is 18.6 Å². The number of hydrogen-bond donors (Lipinski definition) is 1. The number of hydrogen-bond acceptors (Lipinski definition) is 3. The van der Waals surface area contributed by atoms with Gasteiger partial charge in [0.1, 0.15) is 13.2 Å². The molecule has 1 atom stereocenters. The van der Waals surface area contributed by atoms with Gasteiger partial charge in [0.2, 0.25) is 0 Å². The second-order valence-corrected chi connectivity index (χ2v) is 5.34. The Morgan fingerprint density at radius 2 is 2.22 bits per heavy atom. The highest BCUT2D eigenvalue weighted by Crippen LogP contribution is 2.33. The highest BCUT2D eigenvalue weighted by atomic mass is 79.9. The van der Waals surface area contributed by atoms with Gasteiger partial charge in [-0.15, -0.1) is 0 Å². The molecule has 1 aromatic carbocycles. The molecule has 98 valence electrons. The molecule has 1 amide bonds. The minimum atomic E-state index is -0.129. The van der Waals surface area contributed by atoms with E-state index in [4.69, 9.17) is 9.47 Å². The third kappa shape index (κ3) is 2.96. The highest BCUT2D eigenvalue weighted by molar-refractivity contribution is 9.09. The number of halogens is 1. The standard InChI is InChI=1S/C13H16BrNO3/c1-2-9(14)8-15-13(16)10-4-3-5-11-12(10)18-7-6-17-11/h3-5,9H,2,6-8H2,1H3,(H,15,16). The Morgan fingerprint density at radius 3 is 3.00 bits per heavy atom. The van der Waals surface area contributed by atoms with Crippen molar-refractivity contribution in [2.24, 2.45) is 0 Å². The summed E-state index contributed by atoms with van der Waals surface area (Å²) in [7, 11) is 0. The van der Waals surface area contributed by atoms with E-state index < -0.39 is 0 Å². The van der Waals surface area contributed by atoms with Crippen LogP contribution in [0.2, 0.25) is 0 Å². The molecule has 5 heteroatoms. The van der Waals surface area contributed by atoms with Crippen LogP contribution in [0.25, 0.3) is 0 Å². The average Bonchev–Trinajstić information content (AvgIpc) is 2.43. The van der Waals surface area contributed by atoms with Gasteiger partial charge in [0.05, 0.1) is 5.56 Å². The summed E-state index contributed by atoms with van der Waals surface area (Å²) < 4.78 is 11.0. The summed E-state index contributed by atoms with van der Waals surface area (Å²) in [6.45, 7) is 3.66. The van der Waals surface area contributed by atoms with E-state index in [0.717, 1.165) is 6.42 Å². The molecule has 0 saturated carbocycles. The van der Waals surface area contributed by atoms with Gasteiger partial charge in [-0.2, -0.15) is 0 Å². The number of para-hydroxylation sites is 1. The van der Waals surface area contributed by atoms with Gasteiger partial charge in [-0.1, -0.05) is 28.9 Å². The predicted molar refractivity (Wildman–Crippen MR) is 72.8 cm³/mol.